The lowest BCUT2D eigenvalue weighted by Gasteiger charge is -2.20. The van der Waals surface area contributed by atoms with Crippen molar-refractivity contribution in [2.75, 3.05) is 26.2 Å². The molecule has 1 saturated heterocycles. The Bertz CT molecular complexity index is 436. The molecule has 0 saturated carbocycles. The highest BCUT2D eigenvalue weighted by Crippen LogP contribution is 2.19. The predicted molar refractivity (Wildman–Crippen MR) is 73.5 cm³/mol. The van der Waals surface area contributed by atoms with E-state index in [1.807, 2.05) is 18.7 Å². The molecule has 0 aromatic carbocycles. The van der Waals surface area contributed by atoms with Gasteiger partial charge in [-0.3, -0.25) is 9.48 Å². The number of hydrogen-bond donors (Lipinski definition) is 1. The topological polar surface area (TPSA) is 50.2 Å². The van der Waals surface area contributed by atoms with Crippen LogP contribution < -0.4 is 5.32 Å². The molecule has 6 heteroatoms. The average molecular weight is 315 g/mol. The molecule has 0 spiro atoms. The smallest absolute Gasteiger partial charge is 0.244 e. The molecular formula is C12H19BrN4O. The molecule has 1 aliphatic heterocycles. The van der Waals surface area contributed by atoms with Gasteiger partial charge in [0.2, 0.25) is 5.91 Å². The van der Waals surface area contributed by atoms with Crippen molar-refractivity contribution in [1.29, 1.82) is 0 Å². The minimum absolute atomic E-state index is 0.150. The fourth-order valence-corrected chi connectivity index (χ4v) is 2.44. The first-order chi connectivity index (χ1) is 8.59. The van der Waals surface area contributed by atoms with E-state index < -0.39 is 0 Å². The summed E-state index contributed by atoms with van der Waals surface area (Å²) in [7, 11) is 0. The molecule has 1 aromatic rings. The molecule has 100 valence electrons. The van der Waals surface area contributed by atoms with Crippen LogP contribution in [0.4, 0.5) is 0 Å². The van der Waals surface area contributed by atoms with Crippen molar-refractivity contribution in [3.05, 3.63) is 15.9 Å². The summed E-state index contributed by atoms with van der Waals surface area (Å²) in [6, 6.07) is 0. The summed E-state index contributed by atoms with van der Waals surface area (Å²) in [6.07, 6.45) is 1.02. The van der Waals surface area contributed by atoms with E-state index in [9.17, 15) is 4.79 Å². The van der Waals surface area contributed by atoms with Gasteiger partial charge in [0.05, 0.1) is 15.9 Å². The first-order valence-corrected chi connectivity index (χ1v) is 7.07. The van der Waals surface area contributed by atoms with Crippen molar-refractivity contribution < 1.29 is 4.79 Å². The third-order valence-electron chi connectivity index (χ3n) is 3.27. The predicted octanol–water partition coefficient (Wildman–Crippen LogP) is 1.08. The standard InChI is InChI=1S/C12H19BrN4O/c1-9-12(13)10(2)17(15-9)8-11(18)16-6-3-4-14-5-7-16/h14H,3-8H2,1-2H3. The van der Waals surface area contributed by atoms with E-state index >= 15 is 0 Å². The maximum absolute atomic E-state index is 12.2. The molecule has 0 radical (unpaired) electrons. The molecule has 5 nitrogen and oxygen atoms in total. The molecule has 18 heavy (non-hydrogen) atoms. The van der Waals surface area contributed by atoms with E-state index in [1.165, 1.54) is 0 Å². The Balaban J connectivity index is 2.03. The van der Waals surface area contributed by atoms with Crippen molar-refractivity contribution in [3.63, 3.8) is 0 Å². The zero-order valence-electron chi connectivity index (χ0n) is 10.9. The van der Waals surface area contributed by atoms with Crippen LogP contribution in [0.1, 0.15) is 17.8 Å². The minimum atomic E-state index is 0.150. The third-order valence-corrected chi connectivity index (χ3v) is 4.42. The first kappa shape index (κ1) is 13.5. The number of aromatic nitrogens is 2. The van der Waals surface area contributed by atoms with Gasteiger partial charge in [-0.05, 0) is 42.7 Å². The fourth-order valence-electron chi connectivity index (χ4n) is 2.15. The number of rotatable bonds is 2. The zero-order chi connectivity index (χ0) is 13.1. The van der Waals surface area contributed by atoms with E-state index in [0.717, 1.165) is 48.5 Å². The Hall–Kier alpha value is -0.880. The molecule has 0 aliphatic carbocycles. The van der Waals surface area contributed by atoms with Gasteiger partial charge < -0.3 is 10.2 Å². The lowest BCUT2D eigenvalue weighted by atomic mass is 10.3. The van der Waals surface area contributed by atoms with E-state index in [1.54, 1.807) is 4.68 Å². The lowest BCUT2D eigenvalue weighted by Crippen LogP contribution is -2.36. The van der Waals surface area contributed by atoms with Gasteiger partial charge in [-0.15, -0.1) is 0 Å². The molecule has 1 aromatic heterocycles. The maximum Gasteiger partial charge on any atom is 0.244 e. The summed E-state index contributed by atoms with van der Waals surface area (Å²) in [4.78, 5) is 14.1. The van der Waals surface area contributed by atoms with Crippen LogP contribution >= 0.6 is 15.9 Å². The van der Waals surface area contributed by atoms with Crippen LogP contribution in [0.2, 0.25) is 0 Å². The van der Waals surface area contributed by atoms with Crippen LogP contribution in [0.25, 0.3) is 0 Å². The Morgan fingerprint density at radius 1 is 1.39 bits per heavy atom. The molecule has 0 unspecified atom stereocenters. The highest BCUT2D eigenvalue weighted by atomic mass is 79.9. The van der Waals surface area contributed by atoms with Crippen molar-refractivity contribution in [3.8, 4) is 0 Å². The third kappa shape index (κ3) is 2.92. The zero-order valence-corrected chi connectivity index (χ0v) is 12.5. The number of carbonyl (C=O) groups is 1. The number of halogens is 1. The SMILES string of the molecule is Cc1nn(CC(=O)N2CCCNCC2)c(C)c1Br. The van der Waals surface area contributed by atoms with Crippen LogP contribution in [0.3, 0.4) is 0 Å². The summed E-state index contributed by atoms with van der Waals surface area (Å²) >= 11 is 3.48. The van der Waals surface area contributed by atoms with Gasteiger partial charge in [0.25, 0.3) is 0 Å². The Kier molecular flexibility index (Phi) is 4.40. The second-order valence-electron chi connectivity index (χ2n) is 4.63. The van der Waals surface area contributed by atoms with Crippen LogP contribution in [0.5, 0.6) is 0 Å². The quantitative estimate of drug-likeness (QED) is 0.889. The molecule has 1 fully saturated rings. The molecule has 1 aliphatic rings. The highest BCUT2D eigenvalue weighted by Gasteiger charge is 2.18. The molecule has 2 rings (SSSR count). The van der Waals surface area contributed by atoms with Crippen molar-refractivity contribution in [2.24, 2.45) is 0 Å². The molecule has 0 bridgehead atoms. The van der Waals surface area contributed by atoms with Crippen LogP contribution in [-0.4, -0.2) is 46.8 Å². The number of nitrogens with one attached hydrogen (secondary N) is 1. The van der Waals surface area contributed by atoms with Gasteiger partial charge in [0.1, 0.15) is 6.54 Å². The van der Waals surface area contributed by atoms with Crippen molar-refractivity contribution in [2.45, 2.75) is 26.8 Å². The second-order valence-corrected chi connectivity index (χ2v) is 5.42. The molecular weight excluding hydrogens is 296 g/mol. The van der Waals surface area contributed by atoms with Gasteiger partial charge in [0, 0.05) is 19.6 Å². The first-order valence-electron chi connectivity index (χ1n) is 6.27. The fraction of sp³-hybridized carbons (Fsp3) is 0.667. The number of carbonyl (C=O) groups excluding carboxylic acids is 1. The molecule has 1 N–H and O–H groups in total. The Morgan fingerprint density at radius 2 is 2.17 bits per heavy atom. The lowest BCUT2D eigenvalue weighted by molar-refractivity contribution is -0.131. The van der Waals surface area contributed by atoms with E-state index in [4.69, 9.17) is 0 Å². The van der Waals surface area contributed by atoms with Crippen LogP contribution in [0.15, 0.2) is 4.47 Å². The van der Waals surface area contributed by atoms with Crippen LogP contribution in [-0.2, 0) is 11.3 Å². The largest absolute Gasteiger partial charge is 0.340 e. The van der Waals surface area contributed by atoms with E-state index in [0.29, 0.717) is 6.54 Å². The van der Waals surface area contributed by atoms with E-state index in [2.05, 4.69) is 26.3 Å². The summed E-state index contributed by atoms with van der Waals surface area (Å²) in [5.74, 6) is 0.150. The number of amides is 1. The second kappa shape index (κ2) is 5.84. The van der Waals surface area contributed by atoms with Gasteiger partial charge in [-0.25, -0.2) is 0 Å². The van der Waals surface area contributed by atoms with Crippen molar-refractivity contribution >= 4 is 21.8 Å². The van der Waals surface area contributed by atoms with E-state index in [-0.39, 0.29) is 5.91 Å². The van der Waals surface area contributed by atoms with Crippen molar-refractivity contribution in [1.82, 2.24) is 20.0 Å². The summed E-state index contributed by atoms with van der Waals surface area (Å²) in [6.45, 7) is 7.75. The Labute approximate surface area is 116 Å². The summed E-state index contributed by atoms with van der Waals surface area (Å²) < 4.78 is 2.77. The monoisotopic (exact) mass is 314 g/mol. The van der Waals surface area contributed by atoms with Gasteiger partial charge >= 0.3 is 0 Å². The molecule has 2 heterocycles. The summed E-state index contributed by atoms with van der Waals surface area (Å²) in [5, 5.41) is 7.67. The Morgan fingerprint density at radius 3 is 2.83 bits per heavy atom. The molecule has 1 amide bonds. The summed E-state index contributed by atoms with van der Waals surface area (Å²) in [5.41, 5.74) is 1.94. The van der Waals surface area contributed by atoms with Gasteiger partial charge in [0.15, 0.2) is 0 Å². The maximum atomic E-state index is 12.2. The van der Waals surface area contributed by atoms with Crippen LogP contribution in [0, 0.1) is 13.8 Å². The average Bonchev–Trinajstić information content (AvgIpc) is 2.59. The number of hydrogen-bond acceptors (Lipinski definition) is 3. The number of nitrogens with zero attached hydrogens (tertiary/aromatic N) is 3. The highest BCUT2D eigenvalue weighted by molar-refractivity contribution is 9.10. The molecule has 0 atom stereocenters. The normalized spacial score (nSPS) is 16.7. The number of aryl methyl sites for hydroxylation is 1. The van der Waals surface area contributed by atoms with Gasteiger partial charge in [-0.2, -0.15) is 5.10 Å². The van der Waals surface area contributed by atoms with Gasteiger partial charge in [-0.1, -0.05) is 0 Å². The minimum Gasteiger partial charge on any atom is -0.340 e.